The molecule has 8 atom stereocenters. The number of carbonyl (C=O) groups is 1. The van der Waals surface area contributed by atoms with Gasteiger partial charge in [0.2, 0.25) is 0 Å². The van der Waals surface area contributed by atoms with Crippen LogP contribution in [0.5, 0.6) is 0 Å². The number of ether oxygens (including phenoxy) is 1. The summed E-state index contributed by atoms with van der Waals surface area (Å²) in [6.45, 7) is 4.73. The van der Waals surface area contributed by atoms with E-state index in [0.717, 1.165) is 6.92 Å². The number of aliphatic hydroxyl groups is 1. The Kier molecular flexibility index (Phi) is 11.4. The summed E-state index contributed by atoms with van der Waals surface area (Å²) in [4.78, 5) is 10.5. The molecule has 2 aliphatic rings. The summed E-state index contributed by atoms with van der Waals surface area (Å²) in [5.74, 6) is -2.04. The Morgan fingerprint density at radius 3 is 2.53 bits per heavy atom. The molecule has 1 heterocycles. The summed E-state index contributed by atoms with van der Waals surface area (Å²) in [7, 11) is 0. The maximum absolute atomic E-state index is 15.1. The van der Waals surface area contributed by atoms with Gasteiger partial charge in [0.15, 0.2) is 0 Å². The number of carboxylic acid groups (broad SMARTS) is 1. The predicted octanol–water partition coefficient (Wildman–Crippen LogP) is 1.13. The quantitative estimate of drug-likeness (QED) is 0.294. The Labute approximate surface area is 209 Å². The number of hydrogen-bond donors (Lipinski definition) is 1. The van der Waals surface area contributed by atoms with Crippen LogP contribution in [-0.2, 0) is 9.53 Å². The fourth-order valence-corrected chi connectivity index (χ4v) is 4.72. The molecule has 0 spiro atoms. The first-order chi connectivity index (χ1) is 14.4. The number of halogens is 4. The van der Waals surface area contributed by atoms with Crippen LogP contribution < -0.4 is 34.7 Å². The van der Waals surface area contributed by atoms with E-state index < -0.39 is 41.9 Å². The second kappa shape index (κ2) is 12.3. The van der Waals surface area contributed by atoms with E-state index in [2.05, 4.69) is 0 Å². The SMILES string of the molecule is CCCCC(C)([C@H](O)/C=C/[C@@H]1[C@H]2C(F)[C@@H](/C=C/CCC(=O)[O-])O[C@@H]2C[C@H]1C)C(F)(F)F.[Na+]. The second-order valence-electron chi connectivity index (χ2n) is 9.14. The minimum atomic E-state index is -4.56. The molecule has 2 unspecified atom stereocenters. The number of alkyl halides is 4. The van der Waals surface area contributed by atoms with Crippen LogP contribution in [0.15, 0.2) is 24.3 Å². The van der Waals surface area contributed by atoms with Crippen molar-refractivity contribution in [3.63, 3.8) is 0 Å². The van der Waals surface area contributed by atoms with E-state index in [0.29, 0.717) is 19.3 Å². The third-order valence-electron chi connectivity index (χ3n) is 6.85. The molecule has 4 nitrogen and oxygen atoms in total. The number of fused-ring (bicyclic) bond motifs is 1. The fourth-order valence-electron chi connectivity index (χ4n) is 4.72. The fraction of sp³-hybridized carbons (Fsp3) is 0.783. The maximum Gasteiger partial charge on any atom is 1.00 e. The van der Waals surface area contributed by atoms with Crippen LogP contribution >= 0.6 is 0 Å². The molecular formula is C23H33F4NaO4. The van der Waals surface area contributed by atoms with E-state index in [-0.39, 0.29) is 66.8 Å². The van der Waals surface area contributed by atoms with Gasteiger partial charge in [-0.2, -0.15) is 13.2 Å². The van der Waals surface area contributed by atoms with Gasteiger partial charge in [-0.3, -0.25) is 0 Å². The Balaban J connectivity index is 0.00000512. The molecular weight excluding hydrogens is 439 g/mol. The van der Waals surface area contributed by atoms with Crippen molar-refractivity contribution < 1.29 is 66.9 Å². The predicted molar refractivity (Wildman–Crippen MR) is 107 cm³/mol. The summed E-state index contributed by atoms with van der Waals surface area (Å²) in [6.07, 6.45) is -1.64. The number of aliphatic carboxylic acids is 1. The summed E-state index contributed by atoms with van der Waals surface area (Å²) in [5, 5.41) is 20.9. The van der Waals surface area contributed by atoms with Crippen molar-refractivity contribution in [2.24, 2.45) is 23.2 Å². The van der Waals surface area contributed by atoms with Gasteiger partial charge in [0.05, 0.1) is 17.6 Å². The molecule has 0 amide bonds. The van der Waals surface area contributed by atoms with Gasteiger partial charge >= 0.3 is 35.7 Å². The van der Waals surface area contributed by atoms with E-state index in [1.54, 1.807) is 13.0 Å². The molecule has 0 aromatic heterocycles. The zero-order valence-electron chi connectivity index (χ0n) is 19.3. The molecule has 0 aromatic carbocycles. The summed E-state index contributed by atoms with van der Waals surface area (Å²) < 4.78 is 61.8. The molecule has 32 heavy (non-hydrogen) atoms. The Bertz CT molecular complexity index is 669. The van der Waals surface area contributed by atoms with Gasteiger partial charge in [-0.1, -0.05) is 51.0 Å². The van der Waals surface area contributed by atoms with Crippen molar-refractivity contribution in [2.75, 3.05) is 0 Å². The van der Waals surface area contributed by atoms with Crippen LogP contribution in [0.1, 0.15) is 59.3 Å². The van der Waals surface area contributed by atoms with Crippen LogP contribution in [0.2, 0.25) is 0 Å². The molecule has 1 N–H and O–H groups in total. The molecule has 178 valence electrons. The van der Waals surface area contributed by atoms with E-state index in [9.17, 15) is 28.2 Å². The molecule has 0 aromatic rings. The monoisotopic (exact) mass is 472 g/mol. The first-order valence-corrected chi connectivity index (χ1v) is 11.0. The number of aliphatic hydroxyl groups excluding tert-OH is 1. The first kappa shape index (κ1) is 29.6. The largest absolute Gasteiger partial charge is 1.00 e. The number of hydrogen-bond acceptors (Lipinski definition) is 4. The Morgan fingerprint density at radius 1 is 1.31 bits per heavy atom. The molecule has 9 heteroatoms. The average molecular weight is 472 g/mol. The van der Waals surface area contributed by atoms with Gasteiger partial charge < -0.3 is 19.7 Å². The molecule has 2 fully saturated rings. The first-order valence-electron chi connectivity index (χ1n) is 11.0. The van der Waals surface area contributed by atoms with Gasteiger partial charge in [0.25, 0.3) is 0 Å². The van der Waals surface area contributed by atoms with Crippen molar-refractivity contribution in [1.29, 1.82) is 0 Å². The molecule has 1 saturated carbocycles. The van der Waals surface area contributed by atoms with Gasteiger partial charge in [0, 0.05) is 11.9 Å². The van der Waals surface area contributed by atoms with Crippen LogP contribution in [0, 0.1) is 23.2 Å². The van der Waals surface area contributed by atoms with Gasteiger partial charge in [0.1, 0.15) is 12.3 Å². The van der Waals surface area contributed by atoms with Crippen molar-refractivity contribution >= 4 is 5.97 Å². The zero-order chi connectivity index (χ0) is 23.4. The van der Waals surface area contributed by atoms with Crippen molar-refractivity contribution in [3.8, 4) is 0 Å². The minimum Gasteiger partial charge on any atom is -0.550 e. The van der Waals surface area contributed by atoms with E-state index >= 15 is 4.39 Å². The van der Waals surface area contributed by atoms with Crippen LogP contribution in [0.4, 0.5) is 17.6 Å². The summed E-state index contributed by atoms with van der Waals surface area (Å²) >= 11 is 0. The van der Waals surface area contributed by atoms with Gasteiger partial charge in [-0.05, 0) is 44.4 Å². The zero-order valence-corrected chi connectivity index (χ0v) is 21.3. The summed E-state index contributed by atoms with van der Waals surface area (Å²) in [6, 6.07) is 0. The molecule has 1 aliphatic carbocycles. The standard InChI is InChI=1S/C23H34F4O4.Na/c1-4-5-12-22(3,23(25,26)27)18(28)11-10-15-14(2)13-17-20(15)21(24)16(31-17)8-6-7-9-19(29)30;/h6,8,10-11,14-18,20-21,28H,4-5,7,9,12-13H2,1-3H3,(H,29,30);/q;+1/p-1/b8-6+,11-10+;/t14-,15+,16-,17-,18-,20-,21?,22?;/m1./s1. The topological polar surface area (TPSA) is 69.6 Å². The Hall–Kier alpha value is -0.410. The minimum absolute atomic E-state index is 0. The molecule has 1 saturated heterocycles. The average Bonchev–Trinajstić information content (AvgIpc) is 3.14. The van der Waals surface area contributed by atoms with E-state index in [1.165, 1.54) is 18.2 Å². The van der Waals surface area contributed by atoms with Crippen molar-refractivity contribution in [1.82, 2.24) is 0 Å². The summed E-state index contributed by atoms with van der Waals surface area (Å²) in [5.41, 5.74) is -2.26. The van der Waals surface area contributed by atoms with Crippen LogP contribution in [0.25, 0.3) is 0 Å². The third-order valence-corrected chi connectivity index (χ3v) is 6.85. The van der Waals surface area contributed by atoms with Crippen molar-refractivity contribution in [2.45, 2.75) is 90.0 Å². The van der Waals surface area contributed by atoms with Gasteiger partial charge in [-0.15, -0.1) is 0 Å². The molecule has 0 radical (unpaired) electrons. The van der Waals surface area contributed by atoms with Crippen molar-refractivity contribution in [3.05, 3.63) is 24.3 Å². The number of rotatable bonds is 10. The second-order valence-corrected chi connectivity index (χ2v) is 9.14. The smallest absolute Gasteiger partial charge is 0.550 e. The third kappa shape index (κ3) is 6.81. The Morgan fingerprint density at radius 2 is 1.97 bits per heavy atom. The maximum atomic E-state index is 15.1. The molecule has 2 rings (SSSR count). The number of carboxylic acids is 1. The normalized spacial score (nSPS) is 33.2. The molecule has 0 bridgehead atoms. The van der Waals surface area contributed by atoms with E-state index in [1.807, 2.05) is 6.92 Å². The van der Waals surface area contributed by atoms with Crippen LogP contribution in [0.3, 0.4) is 0 Å². The van der Waals surface area contributed by atoms with Crippen LogP contribution in [-0.4, -0.2) is 41.7 Å². The van der Waals surface area contributed by atoms with Gasteiger partial charge in [-0.25, -0.2) is 4.39 Å². The number of carbonyl (C=O) groups excluding carboxylic acids is 1. The van der Waals surface area contributed by atoms with E-state index in [4.69, 9.17) is 4.74 Å². The number of unbranched alkanes of at least 4 members (excludes halogenated alkanes) is 1. The molecule has 1 aliphatic heterocycles. The number of allylic oxidation sites excluding steroid dienone is 2.